The number of nitro groups is 1. The monoisotopic (exact) mass is 399 g/mol. The lowest BCUT2D eigenvalue weighted by molar-refractivity contribution is -0.385. The second kappa shape index (κ2) is 8.79. The topological polar surface area (TPSA) is 114 Å². The summed E-state index contributed by atoms with van der Waals surface area (Å²) < 4.78 is 5.30. The van der Waals surface area contributed by atoms with E-state index in [0.29, 0.717) is 0 Å². The van der Waals surface area contributed by atoms with E-state index in [1.807, 2.05) is 0 Å². The van der Waals surface area contributed by atoms with Crippen molar-refractivity contribution >= 4 is 34.9 Å². The maximum atomic E-state index is 12.5. The van der Waals surface area contributed by atoms with Crippen molar-refractivity contribution in [2.24, 2.45) is 0 Å². The van der Waals surface area contributed by atoms with E-state index in [0.717, 1.165) is 11.0 Å². The minimum absolute atomic E-state index is 0.0710. The lowest BCUT2D eigenvalue weighted by Gasteiger charge is -2.15. The quantitative estimate of drug-likeness (QED) is 0.190. The van der Waals surface area contributed by atoms with Crippen molar-refractivity contribution in [2.75, 3.05) is 14.1 Å². The number of halogens is 1. The number of likely N-dealkylation sites (N-methyl/N-ethyl adjacent to an activating group) is 1. The Morgan fingerprint density at radius 3 is 2.36 bits per heavy atom. The van der Waals surface area contributed by atoms with E-state index in [1.54, 1.807) is 24.3 Å². The fraction of sp³-hybridized carbons (Fsp3) is 0.105. The van der Waals surface area contributed by atoms with Gasteiger partial charge in [-0.2, -0.15) is 5.26 Å². The molecule has 9 heteroatoms. The van der Waals surface area contributed by atoms with Crippen LogP contribution in [0, 0.1) is 21.4 Å². The Labute approximate surface area is 165 Å². The standard InChI is InChI=1S/C19H14ClN3O5/c1-22(2)18(24)15(11-21)17(28-19(25)12-6-4-3-5-7-12)14-9-8-13(20)10-16(14)23(26)27/h3-10H,1-2H3. The van der Waals surface area contributed by atoms with E-state index in [1.165, 1.54) is 38.4 Å². The van der Waals surface area contributed by atoms with E-state index in [-0.39, 0.29) is 16.1 Å². The van der Waals surface area contributed by atoms with Crippen LogP contribution in [-0.2, 0) is 9.53 Å². The minimum Gasteiger partial charge on any atom is -0.420 e. The zero-order valence-electron chi connectivity index (χ0n) is 14.9. The average Bonchev–Trinajstić information content (AvgIpc) is 2.68. The Hall–Kier alpha value is -3.70. The van der Waals surface area contributed by atoms with Crippen LogP contribution in [0.25, 0.3) is 5.76 Å². The zero-order valence-corrected chi connectivity index (χ0v) is 15.6. The maximum absolute atomic E-state index is 12.5. The molecule has 0 saturated carbocycles. The average molecular weight is 400 g/mol. The van der Waals surface area contributed by atoms with Crippen molar-refractivity contribution < 1.29 is 19.2 Å². The Kier molecular flexibility index (Phi) is 6.47. The van der Waals surface area contributed by atoms with Crippen LogP contribution in [0.15, 0.2) is 54.1 Å². The summed E-state index contributed by atoms with van der Waals surface area (Å²) in [5, 5.41) is 21.0. The molecule has 0 unspecified atom stereocenters. The highest BCUT2D eigenvalue weighted by molar-refractivity contribution is 6.30. The first-order valence-electron chi connectivity index (χ1n) is 7.83. The molecule has 142 valence electrons. The summed E-state index contributed by atoms with van der Waals surface area (Å²) in [5.41, 5.74) is -1.14. The Balaban J connectivity index is 2.71. The number of amides is 1. The molecular formula is C19H14ClN3O5. The van der Waals surface area contributed by atoms with Crippen molar-refractivity contribution in [2.45, 2.75) is 0 Å². The van der Waals surface area contributed by atoms with Crippen molar-refractivity contribution in [1.29, 1.82) is 5.26 Å². The molecule has 1 amide bonds. The maximum Gasteiger partial charge on any atom is 0.343 e. The molecule has 0 heterocycles. The first kappa shape index (κ1) is 20.6. The molecule has 28 heavy (non-hydrogen) atoms. The number of benzene rings is 2. The third-order valence-electron chi connectivity index (χ3n) is 3.56. The van der Waals surface area contributed by atoms with Gasteiger partial charge in [0.25, 0.3) is 11.6 Å². The lowest BCUT2D eigenvalue weighted by Crippen LogP contribution is -2.24. The van der Waals surface area contributed by atoms with Gasteiger partial charge in [0.2, 0.25) is 0 Å². The SMILES string of the molecule is CN(C)C(=O)C(C#N)=C(OC(=O)c1ccccc1)c1ccc(Cl)cc1[N+](=O)[O-]. The number of nitriles is 1. The van der Waals surface area contributed by atoms with Gasteiger partial charge >= 0.3 is 5.97 Å². The van der Waals surface area contributed by atoms with Crippen LogP contribution in [0.5, 0.6) is 0 Å². The summed E-state index contributed by atoms with van der Waals surface area (Å²) in [7, 11) is 2.79. The number of hydrogen-bond acceptors (Lipinski definition) is 6. The molecule has 0 aromatic heterocycles. The molecule has 0 N–H and O–H groups in total. The zero-order chi connectivity index (χ0) is 20.8. The van der Waals surface area contributed by atoms with E-state index in [9.17, 15) is 25.0 Å². The molecule has 0 aliphatic heterocycles. The second-order valence-electron chi connectivity index (χ2n) is 5.69. The van der Waals surface area contributed by atoms with Crippen LogP contribution < -0.4 is 0 Å². The number of carbonyl (C=O) groups is 2. The van der Waals surface area contributed by atoms with Crippen LogP contribution in [-0.4, -0.2) is 35.8 Å². The van der Waals surface area contributed by atoms with Crippen LogP contribution in [0.4, 0.5) is 5.69 Å². The molecule has 0 bridgehead atoms. The number of carbonyl (C=O) groups excluding carboxylic acids is 2. The van der Waals surface area contributed by atoms with Gasteiger partial charge in [0, 0.05) is 25.2 Å². The number of nitro benzene ring substituents is 1. The van der Waals surface area contributed by atoms with Gasteiger partial charge in [0.1, 0.15) is 6.07 Å². The van der Waals surface area contributed by atoms with E-state index >= 15 is 0 Å². The van der Waals surface area contributed by atoms with Crippen LogP contribution in [0.3, 0.4) is 0 Å². The Bertz CT molecular complexity index is 1010. The molecule has 0 aliphatic rings. The molecule has 0 radical (unpaired) electrons. The van der Waals surface area contributed by atoms with Gasteiger partial charge in [-0.05, 0) is 24.3 Å². The van der Waals surface area contributed by atoms with Crippen molar-refractivity contribution in [1.82, 2.24) is 4.90 Å². The molecule has 0 aliphatic carbocycles. The van der Waals surface area contributed by atoms with Crippen LogP contribution in [0.2, 0.25) is 5.02 Å². The highest BCUT2D eigenvalue weighted by atomic mass is 35.5. The summed E-state index contributed by atoms with van der Waals surface area (Å²) in [6.45, 7) is 0. The number of hydrogen-bond donors (Lipinski definition) is 0. The summed E-state index contributed by atoms with van der Waals surface area (Å²) in [4.78, 5) is 36.7. The second-order valence-corrected chi connectivity index (χ2v) is 6.13. The highest BCUT2D eigenvalue weighted by Gasteiger charge is 2.28. The van der Waals surface area contributed by atoms with Crippen LogP contribution >= 0.6 is 11.6 Å². The molecule has 2 aromatic rings. The number of nitrogens with zero attached hydrogens (tertiary/aromatic N) is 3. The van der Waals surface area contributed by atoms with Gasteiger partial charge in [-0.1, -0.05) is 29.8 Å². The van der Waals surface area contributed by atoms with Crippen molar-refractivity contribution in [3.05, 3.63) is 80.4 Å². The third-order valence-corrected chi connectivity index (χ3v) is 3.80. The Morgan fingerprint density at radius 2 is 1.82 bits per heavy atom. The van der Waals surface area contributed by atoms with E-state index in [2.05, 4.69) is 0 Å². The predicted octanol–water partition coefficient (Wildman–Crippen LogP) is 3.43. The van der Waals surface area contributed by atoms with Crippen LogP contribution in [0.1, 0.15) is 15.9 Å². The van der Waals surface area contributed by atoms with Gasteiger partial charge in [-0.3, -0.25) is 14.9 Å². The normalized spacial score (nSPS) is 11.1. The van der Waals surface area contributed by atoms with Gasteiger partial charge in [-0.15, -0.1) is 0 Å². The van der Waals surface area contributed by atoms with E-state index in [4.69, 9.17) is 16.3 Å². The predicted molar refractivity (Wildman–Crippen MR) is 101 cm³/mol. The third kappa shape index (κ3) is 4.52. The summed E-state index contributed by atoms with van der Waals surface area (Å²) in [5.74, 6) is -2.17. The largest absolute Gasteiger partial charge is 0.420 e. The smallest absolute Gasteiger partial charge is 0.343 e. The molecule has 2 aromatic carbocycles. The number of ether oxygens (including phenoxy) is 1. The minimum atomic E-state index is -0.876. The first-order chi connectivity index (χ1) is 13.3. The molecule has 0 atom stereocenters. The van der Waals surface area contributed by atoms with Gasteiger partial charge in [0.15, 0.2) is 11.3 Å². The highest BCUT2D eigenvalue weighted by Crippen LogP contribution is 2.32. The van der Waals surface area contributed by atoms with Gasteiger partial charge < -0.3 is 9.64 Å². The number of esters is 1. The molecule has 2 rings (SSSR count). The Morgan fingerprint density at radius 1 is 1.18 bits per heavy atom. The van der Waals surface area contributed by atoms with Crippen molar-refractivity contribution in [3.8, 4) is 6.07 Å². The van der Waals surface area contributed by atoms with E-state index < -0.39 is 33.8 Å². The molecule has 0 saturated heterocycles. The fourth-order valence-corrected chi connectivity index (χ4v) is 2.40. The summed E-state index contributed by atoms with van der Waals surface area (Å²) in [6.07, 6.45) is 0. The fourth-order valence-electron chi connectivity index (χ4n) is 2.23. The molecule has 0 fully saturated rings. The molecular weight excluding hydrogens is 386 g/mol. The lowest BCUT2D eigenvalue weighted by atomic mass is 10.1. The molecule has 0 spiro atoms. The van der Waals surface area contributed by atoms with Gasteiger partial charge in [-0.25, -0.2) is 4.79 Å². The summed E-state index contributed by atoms with van der Waals surface area (Å²) in [6, 6.07) is 13.1. The number of rotatable bonds is 5. The van der Waals surface area contributed by atoms with Crippen molar-refractivity contribution in [3.63, 3.8) is 0 Å². The molecule has 8 nitrogen and oxygen atoms in total. The summed E-state index contributed by atoms with van der Waals surface area (Å²) >= 11 is 5.83. The first-order valence-corrected chi connectivity index (χ1v) is 8.21. The van der Waals surface area contributed by atoms with Gasteiger partial charge in [0.05, 0.1) is 16.1 Å².